The van der Waals surface area contributed by atoms with Crippen LogP contribution in [0.25, 0.3) is 44.7 Å². The zero-order chi connectivity index (χ0) is 26.5. The summed E-state index contributed by atoms with van der Waals surface area (Å²) in [6, 6.07) is 10.7. The lowest BCUT2D eigenvalue weighted by Gasteiger charge is -2.20. The van der Waals surface area contributed by atoms with Gasteiger partial charge in [-0.15, -0.1) is 0 Å². The van der Waals surface area contributed by atoms with E-state index in [9.17, 15) is 18.0 Å². The number of sulfonamides is 1. The first-order valence-electron chi connectivity index (χ1n) is 11.1. The molecule has 0 bridgehead atoms. The van der Waals surface area contributed by atoms with E-state index in [1.165, 1.54) is 32.7 Å². The Morgan fingerprint density at radius 1 is 1.14 bits per heavy atom. The van der Waals surface area contributed by atoms with E-state index in [0.29, 0.717) is 27.9 Å². The standard InChI is InChI=1S/C25H22N6O5S/c1-13-5-7-14(8-6-13)22-20(24(32)26-2)16-9-15(18(10-19(16)36-22)31(3)37(4,34)35)17-11-27-23-21(30-17)25(33)29-12-28-23/h5-12H,1-4H3,(H,26,32)(H,27,28,29,33). The number of nitrogens with one attached hydrogen (secondary N) is 2. The fraction of sp³-hybridized carbons (Fsp3) is 0.160. The number of furan rings is 1. The second-order valence-electron chi connectivity index (χ2n) is 8.51. The van der Waals surface area contributed by atoms with Crippen LogP contribution in [0.5, 0.6) is 0 Å². The van der Waals surface area contributed by atoms with E-state index in [1.807, 2.05) is 31.2 Å². The van der Waals surface area contributed by atoms with Crippen LogP contribution in [0.2, 0.25) is 0 Å². The highest BCUT2D eigenvalue weighted by Gasteiger charge is 2.26. The molecule has 0 spiro atoms. The van der Waals surface area contributed by atoms with Crippen molar-refractivity contribution in [1.82, 2.24) is 25.3 Å². The number of aromatic nitrogens is 4. The topological polar surface area (TPSA) is 151 Å². The predicted octanol–water partition coefficient (Wildman–Crippen LogP) is 2.86. The molecule has 0 aliphatic carbocycles. The molecule has 0 radical (unpaired) electrons. The number of nitrogens with zero attached hydrogens (tertiary/aromatic N) is 4. The van der Waals surface area contributed by atoms with Crippen LogP contribution in [0.4, 0.5) is 5.69 Å². The summed E-state index contributed by atoms with van der Waals surface area (Å²) in [7, 11) is -0.793. The number of carbonyl (C=O) groups excluding carboxylic acids is 1. The number of amides is 1. The predicted molar refractivity (Wildman–Crippen MR) is 140 cm³/mol. The van der Waals surface area contributed by atoms with Crippen molar-refractivity contribution < 1.29 is 17.6 Å². The van der Waals surface area contributed by atoms with Gasteiger partial charge in [0.25, 0.3) is 11.5 Å². The van der Waals surface area contributed by atoms with Crippen molar-refractivity contribution in [1.29, 1.82) is 0 Å². The van der Waals surface area contributed by atoms with Crippen LogP contribution in [0.1, 0.15) is 15.9 Å². The minimum Gasteiger partial charge on any atom is -0.455 e. The van der Waals surface area contributed by atoms with Crippen molar-refractivity contribution >= 4 is 43.8 Å². The summed E-state index contributed by atoms with van der Waals surface area (Å²) in [5.41, 5.74) is 2.74. The van der Waals surface area contributed by atoms with Crippen LogP contribution < -0.4 is 15.2 Å². The summed E-state index contributed by atoms with van der Waals surface area (Å²) in [5, 5.41) is 3.09. The molecule has 12 heteroatoms. The zero-order valence-corrected chi connectivity index (χ0v) is 21.2. The van der Waals surface area contributed by atoms with Crippen molar-refractivity contribution in [3.8, 4) is 22.6 Å². The van der Waals surface area contributed by atoms with Gasteiger partial charge in [-0.2, -0.15) is 0 Å². The third-order valence-corrected chi connectivity index (χ3v) is 7.23. The number of aromatic amines is 1. The number of anilines is 1. The van der Waals surface area contributed by atoms with E-state index >= 15 is 0 Å². The van der Waals surface area contributed by atoms with Gasteiger partial charge in [-0.1, -0.05) is 29.8 Å². The number of rotatable bonds is 5. The van der Waals surface area contributed by atoms with E-state index in [4.69, 9.17) is 4.42 Å². The van der Waals surface area contributed by atoms with Gasteiger partial charge in [0.05, 0.1) is 35.7 Å². The molecule has 2 aromatic carbocycles. The summed E-state index contributed by atoms with van der Waals surface area (Å²) in [5.74, 6) is -0.0422. The Hall–Kier alpha value is -4.58. The summed E-state index contributed by atoms with van der Waals surface area (Å²) in [4.78, 5) is 40.5. The molecule has 1 amide bonds. The Morgan fingerprint density at radius 3 is 2.54 bits per heavy atom. The van der Waals surface area contributed by atoms with Gasteiger partial charge in [0.15, 0.2) is 11.2 Å². The Morgan fingerprint density at radius 2 is 1.86 bits per heavy atom. The Kier molecular flexibility index (Phi) is 5.75. The minimum absolute atomic E-state index is 0.00730. The van der Waals surface area contributed by atoms with Crippen LogP contribution in [-0.4, -0.2) is 54.6 Å². The van der Waals surface area contributed by atoms with Crippen LogP contribution in [0, 0.1) is 6.92 Å². The Bertz CT molecular complexity index is 1860. The Labute approximate surface area is 211 Å². The molecule has 188 valence electrons. The largest absolute Gasteiger partial charge is 0.455 e. The van der Waals surface area contributed by atoms with E-state index in [-0.39, 0.29) is 34.0 Å². The first kappa shape index (κ1) is 24.1. The van der Waals surface area contributed by atoms with Gasteiger partial charge in [0.1, 0.15) is 11.3 Å². The molecule has 0 atom stereocenters. The lowest BCUT2D eigenvalue weighted by molar-refractivity contribution is 0.0964. The van der Waals surface area contributed by atoms with Crippen molar-refractivity contribution in [2.45, 2.75) is 6.92 Å². The third-order valence-electron chi connectivity index (χ3n) is 6.04. The minimum atomic E-state index is -3.70. The van der Waals surface area contributed by atoms with E-state index < -0.39 is 15.6 Å². The number of hydrogen-bond acceptors (Lipinski definition) is 8. The van der Waals surface area contributed by atoms with Crippen LogP contribution in [0.3, 0.4) is 0 Å². The number of carbonyl (C=O) groups is 1. The molecule has 0 saturated carbocycles. The summed E-state index contributed by atoms with van der Waals surface area (Å²) >= 11 is 0. The van der Waals surface area contributed by atoms with Crippen LogP contribution >= 0.6 is 0 Å². The van der Waals surface area contributed by atoms with Crippen molar-refractivity contribution in [3.05, 3.63) is 70.4 Å². The SMILES string of the molecule is CNC(=O)c1c(-c2ccc(C)cc2)oc2cc(N(C)S(C)(=O)=O)c(-c3cnc4nc[nH]c(=O)c4n3)cc12. The number of hydrogen-bond donors (Lipinski definition) is 2. The quantitative estimate of drug-likeness (QED) is 0.360. The molecule has 3 heterocycles. The molecular weight excluding hydrogens is 496 g/mol. The van der Waals surface area contributed by atoms with Gasteiger partial charge in [0.2, 0.25) is 10.0 Å². The first-order chi connectivity index (χ1) is 17.6. The highest BCUT2D eigenvalue weighted by atomic mass is 32.2. The molecule has 0 unspecified atom stereocenters. The summed E-state index contributed by atoms with van der Waals surface area (Å²) in [6.45, 7) is 1.95. The monoisotopic (exact) mass is 518 g/mol. The molecule has 37 heavy (non-hydrogen) atoms. The van der Waals surface area contributed by atoms with Gasteiger partial charge in [-0.05, 0) is 13.0 Å². The first-order valence-corrected chi connectivity index (χ1v) is 13.0. The lowest BCUT2D eigenvalue weighted by atomic mass is 10.0. The highest BCUT2D eigenvalue weighted by molar-refractivity contribution is 7.92. The summed E-state index contributed by atoms with van der Waals surface area (Å²) < 4.78 is 32.3. The maximum Gasteiger partial charge on any atom is 0.278 e. The van der Waals surface area contributed by atoms with Crippen molar-refractivity contribution in [3.63, 3.8) is 0 Å². The fourth-order valence-electron chi connectivity index (χ4n) is 4.01. The van der Waals surface area contributed by atoms with Gasteiger partial charge in [0, 0.05) is 36.7 Å². The lowest BCUT2D eigenvalue weighted by Crippen LogP contribution is -2.25. The molecule has 11 nitrogen and oxygen atoms in total. The van der Waals surface area contributed by atoms with Gasteiger partial charge >= 0.3 is 0 Å². The normalized spacial score (nSPS) is 11.7. The van der Waals surface area contributed by atoms with E-state index in [1.54, 1.807) is 6.07 Å². The number of fused-ring (bicyclic) bond motifs is 2. The van der Waals surface area contributed by atoms with Crippen LogP contribution in [0.15, 0.2) is 58.1 Å². The number of aryl methyl sites for hydroxylation is 1. The average molecular weight is 519 g/mol. The highest BCUT2D eigenvalue weighted by Crippen LogP contribution is 2.40. The molecule has 5 aromatic rings. The fourth-order valence-corrected chi connectivity index (χ4v) is 4.52. The third kappa shape index (κ3) is 4.20. The van der Waals surface area contributed by atoms with Crippen LogP contribution in [-0.2, 0) is 10.0 Å². The van der Waals surface area contributed by atoms with Crippen molar-refractivity contribution in [2.75, 3.05) is 24.7 Å². The zero-order valence-electron chi connectivity index (χ0n) is 20.4. The maximum atomic E-state index is 13.0. The Balaban J connectivity index is 1.86. The van der Waals surface area contributed by atoms with E-state index in [0.717, 1.165) is 16.1 Å². The smallest absolute Gasteiger partial charge is 0.278 e. The molecule has 5 rings (SSSR count). The van der Waals surface area contributed by atoms with Gasteiger partial charge < -0.3 is 14.7 Å². The van der Waals surface area contributed by atoms with Crippen molar-refractivity contribution in [2.24, 2.45) is 0 Å². The molecule has 2 N–H and O–H groups in total. The molecule has 3 aromatic heterocycles. The molecular formula is C25H22N6O5S. The maximum absolute atomic E-state index is 13.0. The second kappa shape index (κ2) is 8.82. The molecule has 0 aliphatic rings. The average Bonchev–Trinajstić information content (AvgIpc) is 3.25. The van der Waals surface area contributed by atoms with Gasteiger partial charge in [-0.25, -0.2) is 23.4 Å². The van der Waals surface area contributed by atoms with E-state index in [2.05, 4.69) is 25.3 Å². The number of H-pyrrole nitrogens is 1. The molecule has 0 saturated heterocycles. The second-order valence-corrected chi connectivity index (χ2v) is 10.5. The molecule has 0 fully saturated rings. The number of benzene rings is 2. The molecule has 0 aliphatic heterocycles. The summed E-state index contributed by atoms with van der Waals surface area (Å²) in [6.07, 6.45) is 3.69. The van der Waals surface area contributed by atoms with Gasteiger partial charge in [-0.3, -0.25) is 13.9 Å².